The van der Waals surface area contributed by atoms with Crippen molar-refractivity contribution in [1.29, 1.82) is 0 Å². The predicted molar refractivity (Wildman–Crippen MR) is 73.9 cm³/mol. The molecule has 0 saturated carbocycles. The van der Waals surface area contributed by atoms with Crippen LogP contribution in [0.25, 0.3) is 0 Å². The molecule has 0 radical (unpaired) electrons. The van der Waals surface area contributed by atoms with Crippen LogP contribution in [-0.4, -0.2) is 22.5 Å². The molecule has 1 aromatic carbocycles. The number of aryl methyl sites for hydroxylation is 1. The summed E-state index contributed by atoms with van der Waals surface area (Å²) in [6.45, 7) is 2.54. The topological polar surface area (TPSA) is 65.1 Å². The molecule has 1 heterocycles. The van der Waals surface area contributed by atoms with Crippen molar-refractivity contribution < 1.29 is 9.90 Å². The molecule has 0 fully saturated rings. The number of nitrogens with one attached hydrogen (secondary N) is 2. The van der Waals surface area contributed by atoms with E-state index in [1.165, 1.54) is 0 Å². The van der Waals surface area contributed by atoms with Crippen LogP contribution in [0.1, 0.15) is 27.2 Å². The number of hydrogen-bond acceptors (Lipinski definition) is 2. The Hall–Kier alpha value is -2.07. The lowest BCUT2D eigenvalue weighted by molar-refractivity contribution is 0.0953. The summed E-state index contributed by atoms with van der Waals surface area (Å²) in [5.74, 6) is -0.0503. The number of amides is 1. The van der Waals surface area contributed by atoms with Crippen LogP contribution >= 0.6 is 0 Å². The second-order valence-electron chi connectivity index (χ2n) is 4.50. The van der Waals surface area contributed by atoms with Gasteiger partial charge in [-0.2, -0.15) is 0 Å². The number of rotatable bonds is 5. The largest absolute Gasteiger partial charge is 0.392 e. The Bertz CT molecular complexity index is 544. The molecule has 0 aliphatic rings. The SMILES string of the molecule is Cc1[nH]ccc1C(=O)NCCc1ccc(CO)cc1. The van der Waals surface area contributed by atoms with E-state index in [4.69, 9.17) is 5.11 Å². The molecule has 0 atom stereocenters. The van der Waals surface area contributed by atoms with Gasteiger partial charge in [-0.3, -0.25) is 4.79 Å². The van der Waals surface area contributed by atoms with Crippen molar-refractivity contribution >= 4 is 5.91 Å². The molecule has 0 unspecified atom stereocenters. The van der Waals surface area contributed by atoms with Gasteiger partial charge in [0, 0.05) is 18.4 Å². The number of carbonyl (C=O) groups excluding carboxylic acids is 1. The molecule has 1 aromatic heterocycles. The number of H-pyrrole nitrogens is 1. The highest BCUT2D eigenvalue weighted by atomic mass is 16.3. The quantitative estimate of drug-likeness (QED) is 0.765. The average Bonchev–Trinajstić information content (AvgIpc) is 2.86. The molecular formula is C15H18N2O2. The first-order valence-corrected chi connectivity index (χ1v) is 6.31. The first-order valence-electron chi connectivity index (χ1n) is 6.31. The van der Waals surface area contributed by atoms with Crippen molar-refractivity contribution in [2.75, 3.05) is 6.54 Å². The van der Waals surface area contributed by atoms with E-state index in [2.05, 4.69) is 10.3 Å². The highest BCUT2D eigenvalue weighted by Gasteiger charge is 2.08. The third-order valence-electron chi connectivity index (χ3n) is 3.10. The minimum atomic E-state index is -0.0503. The Labute approximate surface area is 112 Å². The van der Waals surface area contributed by atoms with Gasteiger partial charge in [0.2, 0.25) is 0 Å². The fraction of sp³-hybridized carbons (Fsp3) is 0.267. The van der Waals surface area contributed by atoms with E-state index in [0.29, 0.717) is 12.1 Å². The fourth-order valence-electron chi connectivity index (χ4n) is 1.93. The molecule has 2 rings (SSSR count). The van der Waals surface area contributed by atoms with Crippen molar-refractivity contribution in [2.45, 2.75) is 20.0 Å². The molecule has 1 amide bonds. The lowest BCUT2D eigenvalue weighted by atomic mass is 10.1. The van der Waals surface area contributed by atoms with Crippen LogP contribution < -0.4 is 5.32 Å². The second kappa shape index (κ2) is 6.20. The Morgan fingerprint density at radius 3 is 2.47 bits per heavy atom. The lowest BCUT2D eigenvalue weighted by Crippen LogP contribution is -2.25. The van der Waals surface area contributed by atoms with Crippen LogP contribution in [0.5, 0.6) is 0 Å². The van der Waals surface area contributed by atoms with Gasteiger partial charge in [-0.25, -0.2) is 0 Å². The zero-order valence-electron chi connectivity index (χ0n) is 10.9. The Morgan fingerprint density at radius 2 is 1.89 bits per heavy atom. The maximum Gasteiger partial charge on any atom is 0.253 e. The molecule has 19 heavy (non-hydrogen) atoms. The van der Waals surface area contributed by atoms with Crippen molar-refractivity contribution in [2.24, 2.45) is 0 Å². The van der Waals surface area contributed by atoms with E-state index in [1.54, 1.807) is 12.3 Å². The van der Waals surface area contributed by atoms with Gasteiger partial charge in [-0.05, 0) is 30.5 Å². The number of benzene rings is 1. The zero-order chi connectivity index (χ0) is 13.7. The van der Waals surface area contributed by atoms with Crippen LogP contribution in [0.15, 0.2) is 36.5 Å². The number of aliphatic hydroxyl groups is 1. The summed E-state index contributed by atoms with van der Waals surface area (Å²) in [6.07, 6.45) is 2.54. The highest BCUT2D eigenvalue weighted by Crippen LogP contribution is 2.06. The van der Waals surface area contributed by atoms with Gasteiger partial charge < -0.3 is 15.4 Å². The standard InChI is InChI=1S/C15H18N2O2/c1-11-14(7-9-16-11)15(19)17-8-6-12-2-4-13(10-18)5-3-12/h2-5,7,9,16,18H,6,8,10H2,1H3,(H,17,19). The summed E-state index contributed by atoms with van der Waals surface area (Å²) in [6, 6.07) is 9.51. The summed E-state index contributed by atoms with van der Waals surface area (Å²) < 4.78 is 0. The molecule has 4 heteroatoms. The van der Waals surface area contributed by atoms with Crippen LogP contribution in [0.2, 0.25) is 0 Å². The third kappa shape index (κ3) is 3.45. The first-order chi connectivity index (χ1) is 9.20. The van der Waals surface area contributed by atoms with Gasteiger partial charge >= 0.3 is 0 Å². The summed E-state index contributed by atoms with van der Waals surface area (Å²) in [7, 11) is 0. The number of aliphatic hydroxyl groups excluding tert-OH is 1. The number of aromatic amines is 1. The summed E-state index contributed by atoms with van der Waals surface area (Å²) in [5.41, 5.74) is 3.61. The van der Waals surface area contributed by atoms with Gasteiger partial charge in [-0.15, -0.1) is 0 Å². The lowest BCUT2D eigenvalue weighted by Gasteiger charge is -2.05. The molecule has 0 aliphatic heterocycles. The van der Waals surface area contributed by atoms with Gasteiger partial charge in [0.25, 0.3) is 5.91 Å². The van der Waals surface area contributed by atoms with Crippen molar-refractivity contribution in [3.63, 3.8) is 0 Å². The molecule has 4 nitrogen and oxygen atoms in total. The minimum Gasteiger partial charge on any atom is -0.392 e. The summed E-state index contributed by atoms with van der Waals surface area (Å²) in [4.78, 5) is 14.8. The molecule has 0 spiro atoms. The Morgan fingerprint density at radius 1 is 1.21 bits per heavy atom. The first kappa shape index (κ1) is 13.4. The van der Waals surface area contributed by atoms with Crippen molar-refractivity contribution in [3.8, 4) is 0 Å². The van der Waals surface area contributed by atoms with Gasteiger partial charge in [0.05, 0.1) is 12.2 Å². The number of carbonyl (C=O) groups is 1. The van der Waals surface area contributed by atoms with E-state index in [1.807, 2.05) is 31.2 Å². The minimum absolute atomic E-state index is 0.0503. The van der Waals surface area contributed by atoms with Gasteiger partial charge in [0.15, 0.2) is 0 Å². The van der Waals surface area contributed by atoms with Gasteiger partial charge in [0.1, 0.15) is 0 Å². The summed E-state index contributed by atoms with van der Waals surface area (Å²) in [5, 5.41) is 11.8. The van der Waals surface area contributed by atoms with E-state index in [-0.39, 0.29) is 12.5 Å². The van der Waals surface area contributed by atoms with Crippen LogP contribution in [0.3, 0.4) is 0 Å². The van der Waals surface area contributed by atoms with Crippen molar-refractivity contribution in [3.05, 3.63) is 58.9 Å². The number of hydrogen-bond donors (Lipinski definition) is 3. The normalized spacial score (nSPS) is 10.4. The molecular weight excluding hydrogens is 240 g/mol. The van der Waals surface area contributed by atoms with E-state index in [0.717, 1.165) is 23.2 Å². The van der Waals surface area contributed by atoms with Crippen LogP contribution in [-0.2, 0) is 13.0 Å². The Balaban J connectivity index is 1.83. The van der Waals surface area contributed by atoms with Crippen molar-refractivity contribution in [1.82, 2.24) is 10.3 Å². The molecule has 100 valence electrons. The predicted octanol–water partition coefficient (Wildman–Crippen LogP) is 1.79. The van der Waals surface area contributed by atoms with Gasteiger partial charge in [-0.1, -0.05) is 24.3 Å². The molecule has 2 aromatic rings. The smallest absolute Gasteiger partial charge is 0.253 e. The maximum atomic E-state index is 11.9. The molecule has 0 saturated heterocycles. The number of aromatic nitrogens is 1. The highest BCUT2D eigenvalue weighted by molar-refractivity contribution is 5.95. The molecule has 0 aliphatic carbocycles. The Kier molecular flexibility index (Phi) is 4.36. The van der Waals surface area contributed by atoms with Crippen LogP contribution in [0.4, 0.5) is 0 Å². The average molecular weight is 258 g/mol. The van der Waals surface area contributed by atoms with E-state index in [9.17, 15) is 4.79 Å². The van der Waals surface area contributed by atoms with Crippen LogP contribution in [0, 0.1) is 6.92 Å². The second-order valence-corrected chi connectivity index (χ2v) is 4.50. The zero-order valence-corrected chi connectivity index (χ0v) is 10.9. The summed E-state index contributed by atoms with van der Waals surface area (Å²) >= 11 is 0. The van der Waals surface area contributed by atoms with E-state index >= 15 is 0 Å². The van der Waals surface area contributed by atoms with E-state index < -0.39 is 0 Å². The fourth-order valence-corrected chi connectivity index (χ4v) is 1.93. The maximum absolute atomic E-state index is 11.9. The third-order valence-corrected chi connectivity index (χ3v) is 3.10. The molecule has 3 N–H and O–H groups in total. The molecule has 0 bridgehead atoms. The monoisotopic (exact) mass is 258 g/mol.